The van der Waals surface area contributed by atoms with Crippen LogP contribution in [0.15, 0.2) is 17.2 Å². The molecule has 3 unspecified atom stereocenters. The lowest BCUT2D eigenvalue weighted by Gasteiger charge is -2.39. The number of hydrogen-bond acceptors (Lipinski definition) is 3. The highest BCUT2D eigenvalue weighted by molar-refractivity contribution is 7.89. The van der Waals surface area contributed by atoms with Crippen LogP contribution in [0.4, 0.5) is 0 Å². The first-order valence-electron chi connectivity index (χ1n) is 7.14. The van der Waals surface area contributed by atoms with E-state index in [-0.39, 0.29) is 6.04 Å². The molecule has 1 aliphatic heterocycles. The van der Waals surface area contributed by atoms with Gasteiger partial charge in [0, 0.05) is 38.1 Å². The standard InChI is InChI=1S/C14H25N3O2S/c1-10-5-11(2)12(3)17(8-10)20(18,19)14-6-13(7-15)16(4)9-14/h6,9-12H,5,7-8,15H2,1-4H3. The van der Waals surface area contributed by atoms with Gasteiger partial charge in [0.1, 0.15) is 4.90 Å². The molecular formula is C14H25N3O2S. The van der Waals surface area contributed by atoms with E-state index >= 15 is 0 Å². The first-order chi connectivity index (χ1) is 9.27. The van der Waals surface area contributed by atoms with E-state index in [2.05, 4.69) is 13.8 Å². The Kier molecular flexibility index (Phi) is 4.27. The molecule has 2 N–H and O–H groups in total. The van der Waals surface area contributed by atoms with Gasteiger partial charge in [-0.15, -0.1) is 0 Å². The van der Waals surface area contributed by atoms with Crippen molar-refractivity contribution in [1.82, 2.24) is 8.87 Å². The Morgan fingerprint density at radius 3 is 2.55 bits per heavy atom. The van der Waals surface area contributed by atoms with Gasteiger partial charge in [-0.05, 0) is 31.2 Å². The lowest BCUT2D eigenvalue weighted by atomic mass is 9.88. The minimum Gasteiger partial charge on any atom is -0.352 e. The summed E-state index contributed by atoms with van der Waals surface area (Å²) < 4.78 is 29.1. The summed E-state index contributed by atoms with van der Waals surface area (Å²) in [5, 5.41) is 0. The summed E-state index contributed by atoms with van der Waals surface area (Å²) in [4.78, 5) is 0.355. The molecular weight excluding hydrogens is 274 g/mol. The van der Waals surface area contributed by atoms with E-state index in [0.29, 0.717) is 29.8 Å². The van der Waals surface area contributed by atoms with Crippen molar-refractivity contribution < 1.29 is 8.42 Å². The summed E-state index contributed by atoms with van der Waals surface area (Å²) in [6.45, 7) is 7.18. The van der Waals surface area contributed by atoms with Crippen LogP contribution in [-0.4, -0.2) is 29.9 Å². The van der Waals surface area contributed by atoms with Gasteiger partial charge in [-0.25, -0.2) is 8.42 Å². The van der Waals surface area contributed by atoms with Crippen LogP contribution >= 0.6 is 0 Å². The van der Waals surface area contributed by atoms with E-state index in [4.69, 9.17) is 5.73 Å². The fourth-order valence-corrected chi connectivity index (χ4v) is 4.98. The van der Waals surface area contributed by atoms with Crippen molar-refractivity contribution in [2.75, 3.05) is 6.54 Å². The van der Waals surface area contributed by atoms with E-state index < -0.39 is 10.0 Å². The highest BCUT2D eigenvalue weighted by atomic mass is 32.2. The molecule has 0 saturated carbocycles. The highest BCUT2D eigenvalue weighted by Gasteiger charge is 2.37. The SMILES string of the molecule is CC1CC(C)C(C)N(S(=O)(=O)c2cc(CN)n(C)c2)C1. The van der Waals surface area contributed by atoms with E-state index in [1.165, 1.54) is 0 Å². The van der Waals surface area contributed by atoms with Gasteiger partial charge in [-0.1, -0.05) is 13.8 Å². The molecule has 0 radical (unpaired) electrons. The van der Waals surface area contributed by atoms with Crippen LogP contribution in [0.1, 0.15) is 32.9 Å². The van der Waals surface area contributed by atoms with Gasteiger partial charge in [-0.2, -0.15) is 4.31 Å². The van der Waals surface area contributed by atoms with Gasteiger partial charge in [0.25, 0.3) is 0 Å². The average Bonchev–Trinajstić information content (AvgIpc) is 2.75. The summed E-state index contributed by atoms with van der Waals surface area (Å²) in [6, 6.07) is 1.73. The van der Waals surface area contributed by atoms with Crippen molar-refractivity contribution in [1.29, 1.82) is 0 Å². The summed E-state index contributed by atoms with van der Waals surface area (Å²) in [6.07, 6.45) is 2.74. The topological polar surface area (TPSA) is 68.3 Å². The molecule has 114 valence electrons. The third-order valence-electron chi connectivity index (χ3n) is 4.44. The summed E-state index contributed by atoms with van der Waals surface area (Å²) >= 11 is 0. The molecule has 0 spiro atoms. The number of nitrogens with two attached hydrogens (primary N) is 1. The number of aryl methyl sites for hydroxylation is 1. The highest BCUT2D eigenvalue weighted by Crippen LogP contribution is 2.32. The predicted octanol–water partition coefficient (Wildman–Crippen LogP) is 1.54. The van der Waals surface area contributed by atoms with Crippen LogP contribution < -0.4 is 5.73 Å². The largest absolute Gasteiger partial charge is 0.352 e. The Morgan fingerprint density at radius 2 is 2.00 bits per heavy atom. The number of piperidine rings is 1. The fraction of sp³-hybridized carbons (Fsp3) is 0.714. The lowest BCUT2D eigenvalue weighted by Crippen LogP contribution is -2.48. The molecule has 1 saturated heterocycles. The van der Waals surface area contributed by atoms with E-state index in [1.807, 2.05) is 14.0 Å². The maximum absolute atomic E-state index is 12.8. The van der Waals surface area contributed by atoms with Crippen molar-refractivity contribution in [3.8, 4) is 0 Å². The van der Waals surface area contributed by atoms with Gasteiger partial charge >= 0.3 is 0 Å². The quantitative estimate of drug-likeness (QED) is 0.920. The zero-order valence-corrected chi connectivity index (χ0v) is 13.5. The van der Waals surface area contributed by atoms with Crippen LogP contribution in [0.2, 0.25) is 0 Å². The number of hydrogen-bond donors (Lipinski definition) is 1. The molecule has 3 atom stereocenters. The van der Waals surface area contributed by atoms with Crippen molar-refractivity contribution in [3.63, 3.8) is 0 Å². The van der Waals surface area contributed by atoms with Crippen LogP contribution in [0.3, 0.4) is 0 Å². The first-order valence-corrected chi connectivity index (χ1v) is 8.58. The minimum atomic E-state index is -3.43. The van der Waals surface area contributed by atoms with Crippen LogP contribution in [0.5, 0.6) is 0 Å². The van der Waals surface area contributed by atoms with Crippen LogP contribution in [-0.2, 0) is 23.6 Å². The molecule has 0 aromatic carbocycles. The molecule has 1 aromatic rings. The summed E-state index contributed by atoms with van der Waals surface area (Å²) in [7, 11) is -1.61. The second-order valence-electron chi connectivity index (χ2n) is 6.12. The van der Waals surface area contributed by atoms with E-state index in [0.717, 1.165) is 12.1 Å². The molecule has 0 amide bonds. The van der Waals surface area contributed by atoms with E-state index in [1.54, 1.807) is 21.1 Å². The maximum Gasteiger partial charge on any atom is 0.244 e. The molecule has 1 aromatic heterocycles. The summed E-state index contributed by atoms with van der Waals surface area (Å²) in [5.41, 5.74) is 6.46. The number of rotatable bonds is 3. The Bertz CT molecular complexity index is 579. The molecule has 5 nitrogen and oxygen atoms in total. The molecule has 1 aliphatic rings. The smallest absolute Gasteiger partial charge is 0.244 e. The van der Waals surface area contributed by atoms with Gasteiger partial charge in [0.05, 0.1) is 0 Å². The third-order valence-corrected chi connectivity index (χ3v) is 6.36. The fourth-order valence-electron chi connectivity index (χ4n) is 3.04. The van der Waals surface area contributed by atoms with Gasteiger partial charge < -0.3 is 10.3 Å². The summed E-state index contributed by atoms with van der Waals surface area (Å²) in [5.74, 6) is 0.778. The van der Waals surface area contributed by atoms with Crippen molar-refractivity contribution in [3.05, 3.63) is 18.0 Å². The van der Waals surface area contributed by atoms with Gasteiger partial charge in [0.2, 0.25) is 10.0 Å². The van der Waals surface area contributed by atoms with Crippen LogP contribution in [0, 0.1) is 11.8 Å². The van der Waals surface area contributed by atoms with Gasteiger partial charge in [-0.3, -0.25) is 0 Å². The normalized spacial score (nSPS) is 28.8. The third kappa shape index (κ3) is 2.64. The molecule has 1 fully saturated rings. The number of aromatic nitrogens is 1. The molecule has 6 heteroatoms. The first kappa shape index (κ1) is 15.5. The molecule has 20 heavy (non-hydrogen) atoms. The van der Waals surface area contributed by atoms with Crippen molar-refractivity contribution >= 4 is 10.0 Å². The predicted molar refractivity (Wildman–Crippen MR) is 79.6 cm³/mol. The number of sulfonamides is 1. The van der Waals surface area contributed by atoms with Gasteiger partial charge in [0.15, 0.2) is 0 Å². The minimum absolute atomic E-state index is 0.0396. The average molecular weight is 299 g/mol. The van der Waals surface area contributed by atoms with E-state index in [9.17, 15) is 8.42 Å². The molecule has 0 aliphatic carbocycles. The molecule has 2 heterocycles. The monoisotopic (exact) mass is 299 g/mol. The Balaban J connectivity index is 2.37. The Hall–Kier alpha value is -0.850. The maximum atomic E-state index is 12.8. The number of nitrogens with zero attached hydrogens (tertiary/aromatic N) is 2. The molecule has 0 bridgehead atoms. The second kappa shape index (κ2) is 5.50. The lowest BCUT2D eigenvalue weighted by molar-refractivity contribution is 0.157. The zero-order valence-electron chi connectivity index (χ0n) is 12.7. The Labute approximate surface area is 121 Å². The molecule has 2 rings (SSSR count). The zero-order chi connectivity index (χ0) is 15.1. The van der Waals surface area contributed by atoms with Crippen molar-refractivity contribution in [2.45, 2.75) is 44.7 Å². The Morgan fingerprint density at radius 1 is 1.35 bits per heavy atom. The van der Waals surface area contributed by atoms with Crippen LogP contribution in [0.25, 0.3) is 0 Å². The van der Waals surface area contributed by atoms with Crippen molar-refractivity contribution in [2.24, 2.45) is 24.6 Å². The second-order valence-corrected chi connectivity index (χ2v) is 8.01.